The van der Waals surface area contributed by atoms with Gasteiger partial charge in [0.05, 0.1) is 24.7 Å². The summed E-state index contributed by atoms with van der Waals surface area (Å²) in [4.78, 5) is 33.1. The van der Waals surface area contributed by atoms with Gasteiger partial charge in [0.2, 0.25) is 11.4 Å². The van der Waals surface area contributed by atoms with Crippen molar-refractivity contribution in [1.82, 2.24) is 0 Å². The molecule has 118 valence electrons. The van der Waals surface area contributed by atoms with E-state index in [0.29, 0.717) is 0 Å². The normalized spacial score (nSPS) is 14.9. The Bertz CT molecular complexity index is 654. The van der Waals surface area contributed by atoms with Crippen molar-refractivity contribution in [1.29, 1.82) is 0 Å². The fourth-order valence-electron chi connectivity index (χ4n) is 1.89. The molecular formula is C13H12FNO7. The third-order valence-electron chi connectivity index (χ3n) is 3.20. The smallest absolute Gasteiger partial charge is 0.350 e. The first-order valence-corrected chi connectivity index (χ1v) is 6.18. The van der Waals surface area contributed by atoms with E-state index in [1.165, 1.54) is 0 Å². The molecule has 0 unspecified atom stereocenters. The summed E-state index contributed by atoms with van der Waals surface area (Å²) in [5.74, 6) is -3.51. The molecule has 1 saturated carbocycles. The third-order valence-corrected chi connectivity index (χ3v) is 3.20. The fourth-order valence-corrected chi connectivity index (χ4v) is 1.89. The summed E-state index contributed by atoms with van der Waals surface area (Å²) < 4.78 is 28.2. The van der Waals surface area contributed by atoms with Crippen LogP contribution in [0.4, 0.5) is 10.1 Å². The first-order chi connectivity index (χ1) is 10.3. The molecule has 0 amide bonds. The molecule has 0 spiro atoms. The minimum absolute atomic E-state index is 0.259. The van der Waals surface area contributed by atoms with Crippen LogP contribution in [0.1, 0.15) is 23.2 Å². The van der Waals surface area contributed by atoms with E-state index in [-0.39, 0.29) is 18.4 Å². The van der Waals surface area contributed by atoms with E-state index < -0.39 is 39.7 Å². The molecule has 0 saturated heterocycles. The minimum Gasteiger partial charge on any atom is -0.466 e. The molecule has 0 aliphatic heterocycles. The van der Waals surface area contributed by atoms with Crippen molar-refractivity contribution in [2.75, 3.05) is 14.2 Å². The van der Waals surface area contributed by atoms with Crippen LogP contribution in [0.2, 0.25) is 0 Å². The molecule has 8 nitrogen and oxygen atoms in total. The number of esters is 2. The quantitative estimate of drug-likeness (QED) is 0.462. The number of carbonyl (C=O) groups is 2. The molecule has 2 rings (SSSR count). The average Bonchev–Trinajstić information content (AvgIpc) is 3.27. The number of hydrogen-bond donors (Lipinski definition) is 0. The Morgan fingerprint density at radius 1 is 1.27 bits per heavy atom. The van der Waals surface area contributed by atoms with Crippen LogP contribution in [-0.4, -0.2) is 36.7 Å². The summed E-state index contributed by atoms with van der Waals surface area (Å²) in [6.45, 7) is 0. The van der Waals surface area contributed by atoms with Crippen molar-refractivity contribution >= 4 is 17.6 Å². The molecule has 1 aliphatic rings. The zero-order valence-corrected chi connectivity index (χ0v) is 11.8. The maximum Gasteiger partial charge on any atom is 0.350 e. The predicted molar refractivity (Wildman–Crippen MR) is 69.0 cm³/mol. The zero-order valence-electron chi connectivity index (χ0n) is 11.8. The highest BCUT2D eigenvalue weighted by Gasteiger charge is 2.55. The molecule has 0 bridgehead atoms. The van der Waals surface area contributed by atoms with Crippen molar-refractivity contribution in [3.8, 4) is 5.75 Å². The standard InChI is InChI=1S/C13H12FNO7/c1-20-11(16)7-5-8(14)10(9(6-7)15(18)19)22-13(3-4-13)12(17)21-2/h5-6H,3-4H2,1-2H3. The van der Waals surface area contributed by atoms with Gasteiger partial charge in [0.15, 0.2) is 5.82 Å². The number of rotatable bonds is 5. The minimum atomic E-state index is -1.41. The zero-order chi connectivity index (χ0) is 16.5. The predicted octanol–water partition coefficient (Wildman–Crippen LogP) is 1.60. The van der Waals surface area contributed by atoms with E-state index in [2.05, 4.69) is 9.47 Å². The Morgan fingerprint density at radius 2 is 1.91 bits per heavy atom. The van der Waals surface area contributed by atoms with Crippen LogP contribution in [0, 0.1) is 15.9 Å². The Balaban J connectivity index is 2.45. The number of halogens is 1. The highest BCUT2D eigenvalue weighted by molar-refractivity contribution is 5.90. The SMILES string of the molecule is COC(=O)c1cc(F)c(OC2(C(=O)OC)CC2)c([N+](=O)[O-])c1. The van der Waals surface area contributed by atoms with Crippen molar-refractivity contribution in [2.45, 2.75) is 18.4 Å². The van der Waals surface area contributed by atoms with Crippen LogP contribution in [0.5, 0.6) is 5.75 Å². The Morgan fingerprint density at radius 3 is 2.36 bits per heavy atom. The van der Waals surface area contributed by atoms with E-state index >= 15 is 0 Å². The molecule has 1 aromatic rings. The Labute approximate surface area is 123 Å². The van der Waals surface area contributed by atoms with Crippen LogP contribution in [0.25, 0.3) is 0 Å². The summed E-state index contributed by atoms with van der Waals surface area (Å²) in [5.41, 5.74) is -2.51. The highest BCUT2D eigenvalue weighted by atomic mass is 19.1. The van der Waals surface area contributed by atoms with Crippen LogP contribution in [0.15, 0.2) is 12.1 Å². The number of carbonyl (C=O) groups excluding carboxylic acids is 2. The number of hydrogen-bond acceptors (Lipinski definition) is 7. The molecule has 9 heteroatoms. The second kappa shape index (κ2) is 5.58. The van der Waals surface area contributed by atoms with Crippen molar-refractivity contribution in [2.24, 2.45) is 0 Å². The lowest BCUT2D eigenvalue weighted by molar-refractivity contribution is -0.386. The lowest BCUT2D eigenvalue weighted by atomic mass is 10.1. The van der Waals surface area contributed by atoms with Crippen LogP contribution in [-0.2, 0) is 14.3 Å². The number of benzene rings is 1. The summed E-state index contributed by atoms with van der Waals surface area (Å²) in [6, 6.07) is 1.58. The van der Waals surface area contributed by atoms with E-state index in [4.69, 9.17) is 4.74 Å². The third kappa shape index (κ3) is 2.69. The molecule has 22 heavy (non-hydrogen) atoms. The van der Waals surface area contributed by atoms with Gasteiger partial charge in [-0.25, -0.2) is 14.0 Å². The van der Waals surface area contributed by atoms with Crippen molar-refractivity contribution in [3.05, 3.63) is 33.6 Å². The molecular weight excluding hydrogens is 301 g/mol. The number of nitrogens with zero attached hydrogens (tertiary/aromatic N) is 1. The molecule has 0 atom stereocenters. The van der Waals surface area contributed by atoms with Gasteiger partial charge in [-0.1, -0.05) is 0 Å². The molecule has 1 fully saturated rings. The number of nitro groups is 1. The fraction of sp³-hybridized carbons (Fsp3) is 0.385. The van der Waals surface area contributed by atoms with Crippen LogP contribution < -0.4 is 4.74 Å². The van der Waals surface area contributed by atoms with Gasteiger partial charge in [0, 0.05) is 18.9 Å². The van der Waals surface area contributed by atoms with Gasteiger partial charge in [-0.05, 0) is 6.07 Å². The van der Waals surface area contributed by atoms with Crippen molar-refractivity contribution in [3.63, 3.8) is 0 Å². The van der Waals surface area contributed by atoms with Gasteiger partial charge in [-0.15, -0.1) is 0 Å². The monoisotopic (exact) mass is 313 g/mol. The number of methoxy groups -OCH3 is 2. The van der Waals surface area contributed by atoms with E-state index in [1.54, 1.807) is 0 Å². The van der Waals surface area contributed by atoms with Gasteiger partial charge < -0.3 is 14.2 Å². The topological polar surface area (TPSA) is 105 Å². The molecule has 1 aliphatic carbocycles. The lowest BCUT2D eigenvalue weighted by Crippen LogP contribution is -2.31. The molecule has 0 radical (unpaired) electrons. The lowest BCUT2D eigenvalue weighted by Gasteiger charge is -2.16. The first kappa shape index (κ1) is 15.7. The molecule has 0 heterocycles. The van der Waals surface area contributed by atoms with Gasteiger partial charge in [-0.3, -0.25) is 10.1 Å². The number of ether oxygens (including phenoxy) is 3. The maximum atomic E-state index is 14.1. The second-order valence-electron chi connectivity index (χ2n) is 4.64. The molecule has 1 aromatic carbocycles. The Kier molecular flexibility index (Phi) is 3.98. The van der Waals surface area contributed by atoms with E-state index in [0.717, 1.165) is 26.4 Å². The average molecular weight is 313 g/mol. The summed E-state index contributed by atoms with van der Waals surface area (Å²) >= 11 is 0. The summed E-state index contributed by atoms with van der Waals surface area (Å²) in [6.07, 6.45) is 0.518. The van der Waals surface area contributed by atoms with Crippen LogP contribution in [0.3, 0.4) is 0 Å². The number of nitro benzene ring substituents is 1. The van der Waals surface area contributed by atoms with Gasteiger partial charge in [0.1, 0.15) is 0 Å². The van der Waals surface area contributed by atoms with Gasteiger partial charge >= 0.3 is 17.6 Å². The van der Waals surface area contributed by atoms with Gasteiger partial charge in [0.25, 0.3) is 0 Å². The maximum absolute atomic E-state index is 14.1. The summed E-state index contributed by atoms with van der Waals surface area (Å²) in [7, 11) is 2.20. The van der Waals surface area contributed by atoms with Crippen LogP contribution >= 0.6 is 0 Å². The summed E-state index contributed by atoms with van der Waals surface area (Å²) in [5, 5.41) is 11.1. The second-order valence-corrected chi connectivity index (χ2v) is 4.64. The first-order valence-electron chi connectivity index (χ1n) is 6.18. The molecule has 0 N–H and O–H groups in total. The van der Waals surface area contributed by atoms with Gasteiger partial charge in [-0.2, -0.15) is 0 Å². The van der Waals surface area contributed by atoms with E-state index in [9.17, 15) is 24.1 Å². The highest BCUT2D eigenvalue weighted by Crippen LogP contribution is 2.45. The Hall–Kier alpha value is -2.71. The molecule has 0 aromatic heterocycles. The van der Waals surface area contributed by atoms with E-state index in [1.807, 2.05) is 0 Å². The largest absolute Gasteiger partial charge is 0.466 e. The van der Waals surface area contributed by atoms with Crippen molar-refractivity contribution < 1.29 is 33.1 Å².